The molecule has 2 nitrogen and oxygen atoms in total. The first-order valence-electron chi connectivity index (χ1n) is 18.2. The van der Waals surface area contributed by atoms with Gasteiger partial charge in [0.2, 0.25) is 0 Å². The number of hydrogen-bond donors (Lipinski definition) is 0. The second-order valence-corrected chi connectivity index (χ2v) is 13.9. The maximum Gasteiger partial charge on any atom is 0.0859 e. The van der Waals surface area contributed by atoms with Crippen LogP contribution in [0.5, 0.6) is 0 Å². The van der Waals surface area contributed by atoms with Gasteiger partial charge in [-0.15, -0.1) is 0 Å². The minimum Gasteiger partial charge on any atom is -0.335 e. The lowest BCUT2D eigenvalue weighted by molar-refractivity contribution is 0.913. The van der Waals surface area contributed by atoms with Crippen LogP contribution in [-0.4, -0.2) is 6.72 Å². The fourth-order valence-electron chi connectivity index (χ4n) is 7.60. The van der Waals surface area contributed by atoms with E-state index in [9.17, 15) is 0 Å². The van der Waals surface area contributed by atoms with Gasteiger partial charge in [0.05, 0.1) is 11.4 Å². The molecule has 1 atom stereocenters. The fraction of sp³-hybridized carbons (Fsp3) is 0.140. The summed E-state index contributed by atoms with van der Waals surface area (Å²) in [4.78, 5) is 6.69. The van der Waals surface area contributed by atoms with Crippen molar-refractivity contribution in [2.75, 3.05) is 4.90 Å². The van der Waals surface area contributed by atoms with Gasteiger partial charge in [0.15, 0.2) is 0 Å². The van der Waals surface area contributed by atoms with Gasteiger partial charge >= 0.3 is 0 Å². The van der Waals surface area contributed by atoms with E-state index >= 15 is 0 Å². The van der Waals surface area contributed by atoms with Crippen molar-refractivity contribution in [3.63, 3.8) is 0 Å². The quantitative estimate of drug-likeness (QED) is 0.160. The fourth-order valence-corrected chi connectivity index (χ4v) is 7.60. The first kappa shape index (κ1) is 34.5. The largest absolute Gasteiger partial charge is 0.335 e. The number of para-hydroxylation sites is 3. The smallest absolute Gasteiger partial charge is 0.0859 e. The Morgan fingerprint density at radius 2 is 1.10 bits per heavy atom. The highest BCUT2D eigenvalue weighted by Crippen LogP contribution is 2.46. The number of aryl methyl sites for hydroxylation is 2. The molecular weight excluding hydrogens is 629 g/mol. The molecular formula is C50H46N2. The molecule has 0 saturated heterocycles. The Kier molecular flexibility index (Phi) is 10.00. The summed E-state index contributed by atoms with van der Waals surface area (Å²) in [5.41, 5.74) is 20.3. The number of aliphatic imine (C=N–C) groups is 1. The van der Waals surface area contributed by atoms with Crippen molar-refractivity contribution in [2.45, 2.75) is 47.1 Å². The first-order valence-corrected chi connectivity index (χ1v) is 18.2. The highest BCUT2D eigenvalue weighted by molar-refractivity contribution is 5.90. The van der Waals surface area contributed by atoms with Gasteiger partial charge in [0, 0.05) is 23.7 Å². The number of fused-ring (bicyclic) bond motifs is 3. The summed E-state index contributed by atoms with van der Waals surface area (Å²) >= 11 is 0. The lowest BCUT2D eigenvalue weighted by atomic mass is 9.82. The molecule has 52 heavy (non-hydrogen) atoms. The minimum atomic E-state index is 0.220. The molecule has 0 aromatic heterocycles. The van der Waals surface area contributed by atoms with Crippen LogP contribution in [0.1, 0.15) is 51.8 Å². The van der Waals surface area contributed by atoms with Gasteiger partial charge < -0.3 is 4.90 Å². The molecule has 8 rings (SSSR count). The minimum absolute atomic E-state index is 0.220. The van der Waals surface area contributed by atoms with Crippen molar-refractivity contribution in [1.29, 1.82) is 0 Å². The average molecular weight is 675 g/mol. The van der Waals surface area contributed by atoms with Crippen molar-refractivity contribution in [1.82, 2.24) is 0 Å². The Morgan fingerprint density at radius 3 is 1.77 bits per heavy atom. The van der Waals surface area contributed by atoms with Crippen molar-refractivity contribution in [2.24, 2.45) is 4.99 Å². The maximum absolute atomic E-state index is 4.32. The molecule has 0 aliphatic carbocycles. The van der Waals surface area contributed by atoms with Gasteiger partial charge in [-0.2, -0.15) is 0 Å². The van der Waals surface area contributed by atoms with Crippen LogP contribution >= 0.6 is 0 Å². The van der Waals surface area contributed by atoms with E-state index in [0.717, 1.165) is 17.9 Å². The molecule has 2 heteroatoms. The van der Waals surface area contributed by atoms with Crippen LogP contribution in [0.15, 0.2) is 163 Å². The lowest BCUT2D eigenvalue weighted by Gasteiger charge is -2.34. The maximum atomic E-state index is 4.32. The zero-order valence-electron chi connectivity index (χ0n) is 30.9. The monoisotopic (exact) mass is 674 g/mol. The number of nitrogens with zero attached hydrogens (tertiary/aromatic N) is 2. The zero-order chi connectivity index (χ0) is 36.2. The van der Waals surface area contributed by atoms with E-state index in [1.165, 1.54) is 78.0 Å². The summed E-state index contributed by atoms with van der Waals surface area (Å²) in [6.45, 7) is 15.8. The third-order valence-corrected chi connectivity index (χ3v) is 10.7. The predicted molar refractivity (Wildman–Crippen MR) is 224 cm³/mol. The van der Waals surface area contributed by atoms with Crippen LogP contribution in [0.25, 0.3) is 33.4 Å². The summed E-state index contributed by atoms with van der Waals surface area (Å²) in [6.07, 6.45) is 0. The van der Waals surface area contributed by atoms with E-state index in [0.29, 0.717) is 0 Å². The Labute approximate surface area is 309 Å². The third-order valence-electron chi connectivity index (χ3n) is 10.7. The molecule has 1 unspecified atom stereocenters. The molecule has 0 saturated carbocycles. The second-order valence-electron chi connectivity index (χ2n) is 13.9. The highest BCUT2D eigenvalue weighted by Gasteiger charge is 2.26. The topological polar surface area (TPSA) is 15.6 Å². The Hall–Kier alpha value is -5.99. The van der Waals surface area contributed by atoms with Crippen LogP contribution in [-0.2, 0) is 6.54 Å². The van der Waals surface area contributed by atoms with Crippen LogP contribution in [0, 0.1) is 27.7 Å². The van der Waals surface area contributed by atoms with E-state index in [1.807, 2.05) is 30.3 Å². The molecule has 0 spiro atoms. The lowest BCUT2D eigenvalue weighted by Crippen LogP contribution is -2.21. The van der Waals surface area contributed by atoms with E-state index in [1.54, 1.807) is 0 Å². The van der Waals surface area contributed by atoms with Crippen LogP contribution in [0.2, 0.25) is 0 Å². The molecule has 7 aromatic carbocycles. The molecule has 1 heterocycles. The summed E-state index contributed by atoms with van der Waals surface area (Å²) < 4.78 is 0. The van der Waals surface area contributed by atoms with Gasteiger partial charge in [0.25, 0.3) is 0 Å². The molecule has 1 aliphatic heterocycles. The van der Waals surface area contributed by atoms with Crippen LogP contribution in [0.3, 0.4) is 0 Å². The number of benzene rings is 7. The Bertz CT molecular complexity index is 2370. The van der Waals surface area contributed by atoms with Gasteiger partial charge in [-0.05, 0) is 114 Å². The van der Waals surface area contributed by atoms with Crippen LogP contribution in [0.4, 0.5) is 17.1 Å². The molecule has 0 radical (unpaired) electrons. The van der Waals surface area contributed by atoms with Gasteiger partial charge in [0.1, 0.15) is 0 Å². The standard InChI is InChI=1S/C43H38N2.C7H8/c1-28-14-6-7-15-34(28)36-24-25-37(30(3)29(36)2)38-17-9-8-16-35(38)31(4)32-22-23-33-27-45(43-21-13-11-19-41(43)44-5)42-20-12-10-18-39(42)40(33)26-32;1-7-5-3-2-4-6-7/h6-26,31H,5,27H2,1-4H3;2-6H,1H3. The first-order chi connectivity index (χ1) is 25.4. The predicted octanol–water partition coefficient (Wildman–Crippen LogP) is 13.7. The highest BCUT2D eigenvalue weighted by atomic mass is 15.2. The zero-order valence-corrected chi connectivity index (χ0v) is 30.9. The number of anilines is 2. The van der Waals surface area contributed by atoms with Crippen molar-refractivity contribution in [3.05, 3.63) is 197 Å². The van der Waals surface area contributed by atoms with E-state index in [2.05, 4.69) is 179 Å². The van der Waals surface area contributed by atoms with Gasteiger partial charge in [-0.25, -0.2) is 0 Å². The van der Waals surface area contributed by atoms with Crippen molar-refractivity contribution < 1.29 is 0 Å². The Balaban J connectivity index is 0.000000539. The third kappa shape index (κ3) is 6.73. The normalized spacial score (nSPS) is 12.2. The summed E-state index contributed by atoms with van der Waals surface area (Å²) in [7, 11) is 0. The second kappa shape index (κ2) is 15.1. The molecule has 1 aliphatic rings. The molecule has 0 bridgehead atoms. The summed E-state index contributed by atoms with van der Waals surface area (Å²) in [5, 5.41) is 0. The average Bonchev–Trinajstić information content (AvgIpc) is 3.19. The van der Waals surface area contributed by atoms with Crippen molar-refractivity contribution >= 4 is 23.8 Å². The summed E-state index contributed by atoms with van der Waals surface area (Å²) in [6, 6.07) is 56.6. The van der Waals surface area contributed by atoms with Crippen LogP contribution < -0.4 is 4.90 Å². The van der Waals surface area contributed by atoms with Crippen molar-refractivity contribution in [3.8, 4) is 33.4 Å². The van der Waals surface area contributed by atoms with Gasteiger partial charge in [-0.3, -0.25) is 4.99 Å². The molecule has 0 fully saturated rings. The molecule has 0 amide bonds. The Morgan fingerprint density at radius 1 is 0.519 bits per heavy atom. The number of rotatable bonds is 6. The molecule has 7 aromatic rings. The number of hydrogen-bond acceptors (Lipinski definition) is 2. The van der Waals surface area contributed by atoms with Gasteiger partial charge in [-0.1, -0.05) is 152 Å². The van der Waals surface area contributed by atoms with E-state index < -0.39 is 0 Å². The van der Waals surface area contributed by atoms with E-state index in [4.69, 9.17) is 0 Å². The molecule has 0 N–H and O–H groups in total. The molecule has 256 valence electrons. The summed E-state index contributed by atoms with van der Waals surface area (Å²) in [5.74, 6) is 0.220. The van der Waals surface area contributed by atoms with E-state index in [-0.39, 0.29) is 5.92 Å². The SMILES string of the molecule is C=Nc1ccccc1N1Cc2ccc(C(C)c3ccccc3-c3ccc(-c4ccccc4C)c(C)c3C)cc2-c2ccccc21.Cc1ccccc1.